The first-order chi connectivity index (χ1) is 10.5. The van der Waals surface area contributed by atoms with Crippen LogP contribution in [-0.2, 0) is 19.3 Å². The van der Waals surface area contributed by atoms with Gasteiger partial charge in [0, 0.05) is 19.3 Å². The molecule has 1 aliphatic rings. The van der Waals surface area contributed by atoms with Gasteiger partial charge in [-0.3, -0.25) is 4.98 Å². The summed E-state index contributed by atoms with van der Waals surface area (Å²) in [5.74, 6) is -0.633. The molecule has 114 valence electrons. The van der Waals surface area contributed by atoms with Gasteiger partial charge in [-0.1, -0.05) is 11.3 Å². The third-order valence-electron chi connectivity index (χ3n) is 3.46. The van der Waals surface area contributed by atoms with E-state index in [-0.39, 0.29) is 13.1 Å². The minimum Gasteiger partial charge on any atom is -0.339 e. The summed E-state index contributed by atoms with van der Waals surface area (Å²) in [5, 5.41) is 7.70. The number of fused-ring (bicyclic) bond motifs is 2. The third-order valence-corrected chi connectivity index (χ3v) is 4.55. The van der Waals surface area contributed by atoms with Crippen LogP contribution in [-0.4, -0.2) is 31.3 Å². The van der Waals surface area contributed by atoms with Crippen molar-refractivity contribution in [1.82, 2.24) is 24.7 Å². The zero-order valence-corrected chi connectivity index (χ0v) is 11.9. The molecule has 0 amide bonds. The molecule has 0 aromatic carbocycles. The Balaban J connectivity index is 1.66. The molecule has 0 unspecified atom stereocenters. The molecule has 10 heteroatoms. The van der Waals surface area contributed by atoms with Gasteiger partial charge in [0.05, 0.1) is 17.4 Å². The summed E-state index contributed by atoms with van der Waals surface area (Å²) in [5.41, 5.74) is 0.783. The van der Waals surface area contributed by atoms with Crippen molar-refractivity contribution in [2.45, 2.75) is 19.3 Å². The van der Waals surface area contributed by atoms with Crippen molar-refractivity contribution in [2.75, 3.05) is 11.4 Å². The second-order valence-corrected chi connectivity index (χ2v) is 5.86. The Hall–Kier alpha value is -2.23. The predicted molar refractivity (Wildman–Crippen MR) is 73.5 cm³/mol. The van der Waals surface area contributed by atoms with E-state index in [2.05, 4.69) is 20.2 Å². The molecule has 0 atom stereocenters. The van der Waals surface area contributed by atoms with E-state index in [4.69, 9.17) is 0 Å². The van der Waals surface area contributed by atoms with Gasteiger partial charge in [0.25, 0.3) is 0 Å². The van der Waals surface area contributed by atoms with E-state index in [0.717, 1.165) is 19.9 Å². The van der Waals surface area contributed by atoms with E-state index >= 15 is 0 Å². The Labute approximate surface area is 126 Å². The molecule has 1 aliphatic heterocycles. The van der Waals surface area contributed by atoms with Crippen LogP contribution in [0.25, 0.3) is 10.2 Å². The maximum Gasteiger partial charge on any atom is 0.451 e. The number of thiazole rings is 1. The van der Waals surface area contributed by atoms with Crippen molar-refractivity contribution < 1.29 is 13.2 Å². The predicted octanol–water partition coefficient (Wildman–Crippen LogP) is 2.32. The summed E-state index contributed by atoms with van der Waals surface area (Å²) in [7, 11) is 0. The second-order valence-electron chi connectivity index (χ2n) is 4.85. The maximum atomic E-state index is 12.8. The Bertz CT molecular complexity index is 806. The van der Waals surface area contributed by atoms with Crippen molar-refractivity contribution >= 4 is 26.7 Å². The molecular formula is C12H9F3N6S. The molecule has 6 nitrogen and oxygen atoms in total. The fourth-order valence-electron chi connectivity index (χ4n) is 2.43. The first-order valence-electron chi connectivity index (χ1n) is 6.47. The molecule has 0 saturated heterocycles. The largest absolute Gasteiger partial charge is 0.451 e. The summed E-state index contributed by atoms with van der Waals surface area (Å²) >= 11 is 1.49. The lowest BCUT2D eigenvalue weighted by Crippen LogP contribution is -2.35. The van der Waals surface area contributed by atoms with Gasteiger partial charge in [-0.25, -0.2) is 4.98 Å². The maximum absolute atomic E-state index is 12.8. The lowest BCUT2D eigenvalue weighted by molar-refractivity contribution is -0.147. The minimum atomic E-state index is -4.48. The van der Waals surface area contributed by atoms with Gasteiger partial charge in [0.2, 0.25) is 5.82 Å². The molecule has 3 aromatic rings. The Morgan fingerprint density at radius 3 is 2.82 bits per heavy atom. The summed E-state index contributed by atoms with van der Waals surface area (Å²) < 4.78 is 40.6. The van der Waals surface area contributed by atoms with Gasteiger partial charge in [-0.15, -0.1) is 10.2 Å². The zero-order chi connectivity index (χ0) is 15.3. The minimum absolute atomic E-state index is 0.186. The summed E-state index contributed by atoms with van der Waals surface area (Å²) in [6.07, 6.45) is -1.12. The number of hydrogen-bond donors (Lipinski definition) is 0. The van der Waals surface area contributed by atoms with Crippen LogP contribution in [0, 0.1) is 0 Å². The number of aromatic nitrogens is 5. The lowest BCUT2D eigenvalue weighted by Gasteiger charge is -2.27. The second kappa shape index (κ2) is 4.63. The average Bonchev–Trinajstić information content (AvgIpc) is 3.09. The van der Waals surface area contributed by atoms with Crippen molar-refractivity contribution in [2.24, 2.45) is 0 Å². The van der Waals surface area contributed by atoms with E-state index in [1.165, 1.54) is 11.3 Å². The van der Waals surface area contributed by atoms with E-state index in [0.29, 0.717) is 12.4 Å². The van der Waals surface area contributed by atoms with Crippen LogP contribution in [0.3, 0.4) is 0 Å². The fourth-order valence-corrected chi connectivity index (χ4v) is 3.39. The fraction of sp³-hybridized carbons (Fsp3) is 0.333. The molecule has 0 radical (unpaired) electrons. The van der Waals surface area contributed by atoms with Crippen LogP contribution in [0.1, 0.15) is 11.6 Å². The number of rotatable bonds is 1. The van der Waals surface area contributed by atoms with Crippen LogP contribution >= 0.6 is 11.3 Å². The highest BCUT2D eigenvalue weighted by atomic mass is 32.1. The van der Waals surface area contributed by atoms with E-state index in [1.54, 1.807) is 12.4 Å². The van der Waals surface area contributed by atoms with Crippen LogP contribution in [0.4, 0.5) is 18.3 Å². The number of halogens is 3. The Kier molecular flexibility index (Phi) is 2.83. The van der Waals surface area contributed by atoms with Crippen molar-refractivity contribution in [3.63, 3.8) is 0 Å². The number of hydrogen-bond acceptors (Lipinski definition) is 6. The van der Waals surface area contributed by atoms with E-state index in [1.807, 2.05) is 11.0 Å². The van der Waals surface area contributed by atoms with Crippen LogP contribution in [0.2, 0.25) is 0 Å². The zero-order valence-electron chi connectivity index (χ0n) is 11.1. The van der Waals surface area contributed by atoms with Crippen molar-refractivity contribution in [1.29, 1.82) is 0 Å². The highest BCUT2D eigenvalue weighted by Gasteiger charge is 2.39. The Morgan fingerprint density at radius 2 is 2.05 bits per heavy atom. The monoisotopic (exact) mass is 326 g/mol. The summed E-state index contributed by atoms with van der Waals surface area (Å²) in [4.78, 5) is 10.4. The summed E-state index contributed by atoms with van der Waals surface area (Å²) in [6.45, 7) is 0.878. The molecule has 0 fully saturated rings. The third kappa shape index (κ3) is 2.10. The number of alkyl halides is 3. The van der Waals surface area contributed by atoms with Gasteiger partial charge in [0.15, 0.2) is 11.0 Å². The normalized spacial score (nSPS) is 15.3. The van der Waals surface area contributed by atoms with Gasteiger partial charge >= 0.3 is 6.18 Å². The first kappa shape index (κ1) is 13.4. The van der Waals surface area contributed by atoms with Gasteiger partial charge < -0.3 is 9.47 Å². The highest BCUT2D eigenvalue weighted by Crippen LogP contribution is 2.33. The molecule has 0 spiro atoms. The molecule has 0 N–H and O–H groups in total. The molecule has 0 saturated carbocycles. The molecular weight excluding hydrogens is 317 g/mol. The van der Waals surface area contributed by atoms with Gasteiger partial charge in [-0.2, -0.15) is 13.2 Å². The standard InChI is InChI=1S/C12H9F3N6S/c13-12(14,15)10-19-18-9-6-20(3-4-21(9)10)11-17-7-5-16-2-1-8(7)22-11/h1-2,5H,3-4,6H2. The molecule has 0 bridgehead atoms. The van der Waals surface area contributed by atoms with Crippen LogP contribution in [0.5, 0.6) is 0 Å². The smallest absolute Gasteiger partial charge is 0.339 e. The summed E-state index contributed by atoms with van der Waals surface area (Å²) in [6, 6.07) is 1.87. The SMILES string of the molecule is FC(F)(F)c1nnc2n1CCN(c1nc3cnccc3s1)C2. The van der Waals surface area contributed by atoms with Crippen molar-refractivity contribution in [3.8, 4) is 0 Å². The average molecular weight is 326 g/mol. The molecule has 3 aromatic heterocycles. The van der Waals surface area contributed by atoms with Crippen LogP contribution in [0.15, 0.2) is 18.5 Å². The van der Waals surface area contributed by atoms with Crippen molar-refractivity contribution in [3.05, 3.63) is 30.1 Å². The number of anilines is 1. The van der Waals surface area contributed by atoms with Crippen LogP contribution < -0.4 is 4.90 Å². The quantitative estimate of drug-likeness (QED) is 0.687. The molecule has 4 heterocycles. The van der Waals surface area contributed by atoms with E-state index < -0.39 is 12.0 Å². The Morgan fingerprint density at radius 1 is 1.18 bits per heavy atom. The number of nitrogens with zero attached hydrogens (tertiary/aromatic N) is 6. The molecule has 22 heavy (non-hydrogen) atoms. The number of pyridine rings is 1. The van der Waals surface area contributed by atoms with Gasteiger partial charge in [0.1, 0.15) is 5.52 Å². The van der Waals surface area contributed by atoms with E-state index in [9.17, 15) is 13.2 Å². The highest BCUT2D eigenvalue weighted by molar-refractivity contribution is 7.22. The van der Waals surface area contributed by atoms with Gasteiger partial charge in [-0.05, 0) is 6.07 Å². The topological polar surface area (TPSA) is 59.7 Å². The molecule has 4 rings (SSSR count). The first-order valence-corrected chi connectivity index (χ1v) is 7.29. The molecule has 0 aliphatic carbocycles. The lowest BCUT2D eigenvalue weighted by atomic mass is 10.3.